The molecule has 2 aromatic carbocycles. The lowest BCUT2D eigenvalue weighted by Gasteiger charge is -2.30. The zero-order chi connectivity index (χ0) is 17.2. The van der Waals surface area contributed by atoms with Crippen LogP contribution in [0, 0.1) is 5.92 Å². The van der Waals surface area contributed by atoms with Crippen molar-refractivity contribution in [3.8, 4) is 5.75 Å². The third-order valence-corrected chi connectivity index (χ3v) is 6.47. The first-order chi connectivity index (χ1) is 11.5. The number of piperidine rings is 1. The van der Waals surface area contributed by atoms with Crippen molar-refractivity contribution < 1.29 is 13.2 Å². The van der Waals surface area contributed by atoms with Crippen molar-refractivity contribution >= 4 is 20.8 Å². The molecular formula is C19H25NO3S. The van der Waals surface area contributed by atoms with E-state index in [-0.39, 0.29) is 0 Å². The Morgan fingerprint density at radius 3 is 2.62 bits per heavy atom. The zero-order valence-corrected chi connectivity index (χ0v) is 15.2. The van der Waals surface area contributed by atoms with Gasteiger partial charge in [-0.3, -0.25) is 0 Å². The molecular weight excluding hydrogens is 322 g/mol. The largest absolute Gasteiger partial charge is 0.493 e. The van der Waals surface area contributed by atoms with Crippen molar-refractivity contribution in [3.05, 3.63) is 36.4 Å². The van der Waals surface area contributed by atoms with Crippen molar-refractivity contribution in [2.45, 2.75) is 38.0 Å². The molecule has 0 saturated carbocycles. The first-order valence-electron chi connectivity index (χ1n) is 8.68. The van der Waals surface area contributed by atoms with Gasteiger partial charge in [0.25, 0.3) is 0 Å². The second kappa shape index (κ2) is 7.11. The smallest absolute Gasteiger partial charge is 0.243 e. The van der Waals surface area contributed by atoms with Gasteiger partial charge in [-0.25, -0.2) is 8.42 Å². The maximum absolute atomic E-state index is 13.2. The van der Waals surface area contributed by atoms with Gasteiger partial charge in [0.15, 0.2) is 0 Å². The highest BCUT2D eigenvalue weighted by molar-refractivity contribution is 7.89. The normalized spacial score (nSPS) is 19.5. The Bertz CT molecular complexity index is 816. The van der Waals surface area contributed by atoms with Gasteiger partial charge in [0.1, 0.15) is 5.75 Å². The van der Waals surface area contributed by atoms with Gasteiger partial charge in [0.05, 0.1) is 11.5 Å². The summed E-state index contributed by atoms with van der Waals surface area (Å²) in [5.74, 6) is 1.16. The molecule has 0 amide bonds. The molecule has 1 aliphatic rings. The van der Waals surface area contributed by atoms with Crippen LogP contribution in [0.5, 0.6) is 5.75 Å². The Kier molecular flexibility index (Phi) is 5.11. The molecule has 1 saturated heterocycles. The molecule has 5 heteroatoms. The highest BCUT2D eigenvalue weighted by atomic mass is 32.2. The average Bonchev–Trinajstić information content (AvgIpc) is 2.59. The Labute approximate surface area is 144 Å². The number of sulfonamides is 1. The fourth-order valence-electron chi connectivity index (χ4n) is 3.31. The van der Waals surface area contributed by atoms with E-state index in [9.17, 15) is 8.42 Å². The Morgan fingerprint density at radius 1 is 1.17 bits per heavy atom. The van der Waals surface area contributed by atoms with E-state index in [0.29, 0.717) is 30.5 Å². The van der Waals surface area contributed by atoms with E-state index >= 15 is 0 Å². The first kappa shape index (κ1) is 17.2. The number of nitrogens with zero attached hydrogens (tertiary/aromatic N) is 1. The van der Waals surface area contributed by atoms with Crippen LogP contribution in [0.15, 0.2) is 41.3 Å². The van der Waals surface area contributed by atoms with Crippen molar-refractivity contribution in [1.82, 2.24) is 4.31 Å². The molecule has 0 N–H and O–H groups in total. The van der Waals surface area contributed by atoms with E-state index in [4.69, 9.17) is 4.74 Å². The van der Waals surface area contributed by atoms with E-state index in [0.717, 1.165) is 35.8 Å². The fraction of sp³-hybridized carbons (Fsp3) is 0.474. The van der Waals surface area contributed by atoms with Crippen molar-refractivity contribution in [2.75, 3.05) is 19.7 Å². The fourth-order valence-corrected chi connectivity index (χ4v) is 5.10. The predicted octanol–water partition coefficient (Wildman–Crippen LogP) is 4.05. The molecule has 3 rings (SSSR count). The molecule has 1 fully saturated rings. The summed E-state index contributed by atoms with van der Waals surface area (Å²) in [6.07, 6.45) is 2.94. The molecule has 0 aromatic heterocycles. The molecule has 0 unspecified atom stereocenters. The molecule has 0 spiro atoms. The van der Waals surface area contributed by atoms with Crippen LogP contribution in [0.2, 0.25) is 0 Å². The van der Waals surface area contributed by atoms with Gasteiger partial charge >= 0.3 is 0 Å². The minimum absolute atomic E-state index is 0.385. The van der Waals surface area contributed by atoms with Crippen LogP contribution in [0.25, 0.3) is 10.8 Å². The first-order valence-corrected chi connectivity index (χ1v) is 10.1. The molecule has 2 aromatic rings. The summed E-state index contributed by atoms with van der Waals surface area (Å²) in [6.45, 7) is 6.00. The van der Waals surface area contributed by atoms with E-state index in [1.54, 1.807) is 16.4 Å². The van der Waals surface area contributed by atoms with E-state index in [1.807, 2.05) is 24.3 Å². The van der Waals surface area contributed by atoms with E-state index in [1.165, 1.54) is 0 Å². The quantitative estimate of drug-likeness (QED) is 0.820. The molecule has 1 atom stereocenters. The van der Waals surface area contributed by atoms with Crippen LogP contribution in [-0.2, 0) is 10.0 Å². The van der Waals surface area contributed by atoms with Gasteiger partial charge in [0, 0.05) is 23.9 Å². The zero-order valence-electron chi connectivity index (χ0n) is 14.4. The van der Waals surface area contributed by atoms with Crippen LogP contribution in [-0.4, -0.2) is 32.4 Å². The van der Waals surface area contributed by atoms with Gasteiger partial charge in [-0.2, -0.15) is 4.31 Å². The molecule has 4 nitrogen and oxygen atoms in total. The number of ether oxygens (including phenoxy) is 1. The second-order valence-corrected chi connectivity index (χ2v) is 8.47. The molecule has 24 heavy (non-hydrogen) atoms. The summed E-state index contributed by atoms with van der Waals surface area (Å²) in [5, 5.41) is 1.60. The van der Waals surface area contributed by atoms with Crippen molar-refractivity contribution in [1.29, 1.82) is 0 Å². The van der Waals surface area contributed by atoms with Gasteiger partial charge < -0.3 is 4.74 Å². The number of hydrogen-bond acceptors (Lipinski definition) is 3. The minimum Gasteiger partial charge on any atom is -0.493 e. The Morgan fingerprint density at radius 2 is 1.92 bits per heavy atom. The highest BCUT2D eigenvalue weighted by Crippen LogP contribution is 2.33. The molecule has 130 valence electrons. The lowest BCUT2D eigenvalue weighted by Crippen LogP contribution is -2.39. The minimum atomic E-state index is -3.48. The molecule has 1 heterocycles. The van der Waals surface area contributed by atoms with Crippen molar-refractivity contribution in [3.63, 3.8) is 0 Å². The lowest BCUT2D eigenvalue weighted by molar-refractivity contribution is 0.281. The number of rotatable bonds is 5. The third kappa shape index (κ3) is 3.28. The monoisotopic (exact) mass is 347 g/mol. The molecule has 1 aliphatic heterocycles. The molecule has 0 aliphatic carbocycles. The summed E-state index contributed by atoms with van der Waals surface area (Å²) < 4.78 is 33.7. The standard InChI is InChI=1S/C19H25NO3S/c1-3-13-23-18-10-11-19(17-9-5-4-8-16(17)18)24(21,22)20-12-6-7-15(2)14-20/h4-5,8-11,15H,3,6-7,12-14H2,1-2H3/t15-/m0/s1. The second-order valence-electron chi connectivity index (χ2n) is 6.57. The van der Waals surface area contributed by atoms with Crippen LogP contribution < -0.4 is 4.74 Å². The summed E-state index contributed by atoms with van der Waals surface area (Å²) in [6, 6.07) is 11.1. The molecule has 0 bridgehead atoms. The van der Waals surface area contributed by atoms with Gasteiger partial charge in [-0.15, -0.1) is 0 Å². The topological polar surface area (TPSA) is 46.6 Å². The number of fused-ring (bicyclic) bond motifs is 1. The SMILES string of the molecule is CCCOc1ccc(S(=O)(=O)N2CCC[C@H](C)C2)c2ccccc12. The highest BCUT2D eigenvalue weighted by Gasteiger charge is 2.30. The summed E-state index contributed by atoms with van der Waals surface area (Å²) in [5.41, 5.74) is 0. The van der Waals surface area contributed by atoms with Crippen LogP contribution >= 0.6 is 0 Å². The summed E-state index contributed by atoms with van der Waals surface area (Å²) in [7, 11) is -3.48. The maximum atomic E-state index is 13.2. The van der Waals surface area contributed by atoms with Crippen LogP contribution in [0.1, 0.15) is 33.1 Å². The lowest BCUT2D eigenvalue weighted by atomic mass is 10.0. The van der Waals surface area contributed by atoms with Crippen LogP contribution in [0.4, 0.5) is 0 Å². The number of hydrogen-bond donors (Lipinski definition) is 0. The molecule has 0 radical (unpaired) electrons. The number of benzene rings is 2. The van der Waals surface area contributed by atoms with E-state index in [2.05, 4.69) is 13.8 Å². The predicted molar refractivity (Wildman–Crippen MR) is 96.9 cm³/mol. The third-order valence-electron chi connectivity index (χ3n) is 4.54. The van der Waals surface area contributed by atoms with Gasteiger partial charge in [0.2, 0.25) is 10.0 Å². The Balaban J connectivity index is 2.06. The van der Waals surface area contributed by atoms with E-state index < -0.39 is 10.0 Å². The van der Waals surface area contributed by atoms with Gasteiger partial charge in [-0.1, -0.05) is 38.1 Å². The van der Waals surface area contributed by atoms with Crippen molar-refractivity contribution in [2.24, 2.45) is 5.92 Å². The summed E-state index contributed by atoms with van der Waals surface area (Å²) >= 11 is 0. The maximum Gasteiger partial charge on any atom is 0.243 e. The summed E-state index contributed by atoms with van der Waals surface area (Å²) in [4.78, 5) is 0.385. The average molecular weight is 347 g/mol. The van der Waals surface area contributed by atoms with Crippen LogP contribution in [0.3, 0.4) is 0 Å². The van der Waals surface area contributed by atoms with Gasteiger partial charge in [-0.05, 0) is 37.3 Å². The Hall–Kier alpha value is -1.59.